The molecule has 0 aromatic heterocycles. The minimum atomic E-state index is -0.866. The van der Waals surface area contributed by atoms with Gasteiger partial charge in [0.1, 0.15) is 12.1 Å². The van der Waals surface area contributed by atoms with Crippen molar-refractivity contribution in [3.8, 4) is 0 Å². The molecule has 0 radical (unpaired) electrons. The van der Waals surface area contributed by atoms with Crippen molar-refractivity contribution in [2.45, 2.75) is 71.1 Å². The van der Waals surface area contributed by atoms with Crippen molar-refractivity contribution >= 4 is 34.4 Å². The number of likely N-dealkylation sites (tertiary alicyclic amines) is 1. The molecule has 1 aromatic rings. The van der Waals surface area contributed by atoms with Gasteiger partial charge in [-0.15, -0.1) is 0 Å². The smallest absolute Gasteiger partial charge is 0.246 e. The van der Waals surface area contributed by atoms with Gasteiger partial charge in [-0.1, -0.05) is 56.8 Å². The largest absolute Gasteiger partial charge is 0.391 e. The Morgan fingerprint density at radius 3 is 2.46 bits per heavy atom. The average molecular weight is 504 g/mol. The number of hydrogen-bond donors (Lipinski definition) is 5. The van der Waals surface area contributed by atoms with Crippen LogP contribution in [0.5, 0.6) is 0 Å². The lowest BCUT2D eigenvalue weighted by molar-refractivity contribution is -0.143. The van der Waals surface area contributed by atoms with E-state index >= 15 is 0 Å². The van der Waals surface area contributed by atoms with Crippen molar-refractivity contribution in [3.63, 3.8) is 0 Å². The number of carbonyl (C=O) groups is 3. The molecule has 10 heteroatoms. The van der Waals surface area contributed by atoms with Crippen LogP contribution in [0, 0.1) is 5.41 Å². The Hall–Kier alpha value is -2.56. The number of aliphatic hydroxyl groups is 1. The maximum Gasteiger partial charge on any atom is 0.246 e. The number of thioether (sulfide) groups is 1. The Morgan fingerprint density at radius 1 is 1.26 bits per heavy atom. The van der Waals surface area contributed by atoms with E-state index in [4.69, 9.17) is 5.73 Å². The van der Waals surface area contributed by atoms with E-state index in [0.29, 0.717) is 11.9 Å². The second-order valence-electron chi connectivity index (χ2n) is 10.2. The van der Waals surface area contributed by atoms with Crippen LogP contribution in [0.15, 0.2) is 30.0 Å². The van der Waals surface area contributed by atoms with Gasteiger partial charge in [0.25, 0.3) is 0 Å². The van der Waals surface area contributed by atoms with Crippen molar-refractivity contribution in [2.75, 3.05) is 13.1 Å². The maximum atomic E-state index is 13.4. The summed E-state index contributed by atoms with van der Waals surface area (Å²) in [6, 6.07) is 6.35. The lowest BCUT2D eigenvalue weighted by Crippen LogP contribution is -2.58. The van der Waals surface area contributed by atoms with Gasteiger partial charge < -0.3 is 31.7 Å². The monoisotopic (exact) mass is 503 g/mol. The zero-order chi connectivity index (χ0) is 25.9. The Balaban J connectivity index is 1.66. The molecule has 35 heavy (non-hydrogen) atoms. The first kappa shape index (κ1) is 27.0. The zero-order valence-corrected chi connectivity index (χ0v) is 21.9. The van der Waals surface area contributed by atoms with Crippen molar-refractivity contribution < 1.29 is 19.5 Å². The van der Waals surface area contributed by atoms with Crippen molar-refractivity contribution in [3.05, 3.63) is 41.1 Å². The highest BCUT2D eigenvalue weighted by atomic mass is 32.2. The van der Waals surface area contributed by atoms with Crippen LogP contribution in [-0.2, 0) is 20.9 Å². The van der Waals surface area contributed by atoms with E-state index in [1.54, 1.807) is 11.8 Å². The molecule has 1 saturated heterocycles. The molecule has 0 aliphatic carbocycles. The van der Waals surface area contributed by atoms with E-state index in [2.05, 4.69) is 29.8 Å². The molecule has 1 unspecified atom stereocenters. The van der Waals surface area contributed by atoms with Crippen LogP contribution in [0.2, 0.25) is 0 Å². The van der Waals surface area contributed by atoms with Crippen LogP contribution in [0.25, 0.3) is 4.91 Å². The molecule has 0 saturated carbocycles. The molecule has 1 aromatic carbocycles. The molecule has 0 bridgehead atoms. The second kappa shape index (κ2) is 11.0. The van der Waals surface area contributed by atoms with Crippen molar-refractivity contribution in [1.82, 2.24) is 20.9 Å². The lowest BCUT2D eigenvalue weighted by Gasteiger charge is -2.35. The predicted octanol–water partition coefficient (Wildman–Crippen LogP) is 1.13. The van der Waals surface area contributed by atoms with Gasteiger partial charge in [0.2, 0.25) is 17.7 Å². The van der Waals surface area contributed by atoms with E-state index in [-0.39, 0.29) is 25.4 Å². The summed E-state index contributed by atoms with van der Waals surface area (Å²) in [7, 11) is 0. The molecule has 2 aliphatic rings. The topological polar surface area (TPSA) is 137 Å². The summed E-state index contributed by atoms with van der Waals surface area (Å²) in [6.07, 6.45) is -0.662. The molecule has 0 spiro atoms. The summed E-state index contributed by atoms with van der Waals surface area (Å²) in [5.41, 5.74) is 8.04. The summed E-state index contributed by atoms with van der Waals surface area (Å²) in [5, 5.41) is 19.6. The van der Waals surface area contributed by atoms with Crippen LogP contribution < -0.4 is 21.7 Å². The first-order valence-corrected chi connectivity index (χ1v) is 12.8. The number of carbonyl (C=O) groups excluding carboxylic acids is 3. The number of nitrogens with zero attached hydrogens (tertiary/aromatic N) is 1. The number of nitrogens with two attached hydrogens (primary N) is 1. The van der Waals surface area contributed by atoms with Crippen LogP contribution in [0.4, 0.5) is 0 Å². The van der Waals surface area contributed by atoms with E-state index < -0.39 is 35.4 Å². The maximum absolute atomic E-state index is 13.4. The molecule has 2 heterocycles. The molecular weight excluding hydrogens is 466 g/mol. The minimum Gasteiger partial charge on any atom is -0.391 e. The fourth-order valence-electron chi connectivity index (χ4n) is 4.37. The van der Waals surface area contributed by atoms with Gasteiger partial charge in [0.05, 0.1) is 18.0 Å². The summed E-state index contributed by atoms with van der Waals surface area (Å²) >= 11 is 1.78. The van der Waals surface area contributed by atoms with Gasteiger partial charge in [-0.25, -0.2) is 0 Å². The highest BCUT2D eigenvalue weighted by molar-refractivity contribution is 8.09. The molecule has 192 valence electrons. The molecular formula is C25H37N5O4S. The zero-order valence-electron chi connectivity index (χ0n) is 21.1. The number of β-amino-alcohol motifs (C(OH)–C–C–N with tert-alkyl or cyclic N) is 1. The summed E-state index contributed by atoms with van der Waals surface area (Å²) < 4.78 is 0. The molecule has 1 fully saturated rings. The molecule has 3 rings (SSSR count). The summed E-state index contributed by atoms with van der Waals surface area (Å²) in [4.78, 5) is 40.9. The Bertz CT molecular complexity index is 989. The first-order chi connectivity index (χ1) is 16.4. The quantitative estimate of drug-likeness (QED) is 0.376. The summed E-state index contributed by atoms with van der Waals surface area (Å²) in [6.45, 7) is 9.77. The number of amides is 3. The van der Waals surface area contributed by atoms with E-state index in [9.17, 15) is 19.5 Å². The first-order valence-electron chi connectivity index (χ1n) is 11.9. The second-order valence-corrected chi connectivity index (χ2v) is 11.6. The average Bonchev–Trinajstić information content (AvgIpc) is 3.36. The van der Waals surface area contributed by atoms with Crippen molar-refractivity contribution in [1.29, 1.82) is 0 Å². The van der Waals surface area contributed by atoms with Crippen LogP contribution >= 0.6 is 11.8 Å². The lowest BCUT2D eigenvalue weighted by atomic mass is 9.85. The number of nitrogens with one attached hydrogen (secondary N) is 3. The summed E-state index contributed by atoms with van der Waals surface area (Å²) in [5.74, 6) is -1.18. The fraction of sp³-hybridized carbons (Fsp3) is 0.560. The van der Waals surface area contributed by atoms with E-state index in [0.717, 1.165) is 16.8 Å². The highest BCUT2D eigenvalue weighted by Crippen LogP contribution is 2.37. The standard InChI is InChI=1S/C25H37N5O4S/c1-14-21(35-15(2)28-14)17-8-6-16(7-9-17)12-27-23(33)19-10-18(31)13-30(19)24(34)22(25(3,4)5)29-20(32)11-26/h6-9,15,18-19,22,28,31H,10-13,26H2,1-5H3,(H,27,33)(H,29,32)/t15?,18-,19+,22-/m1/s1. The van der Waals surface area contributed by atoms with Gasteiger partial charge in [0, 0.05) is 30.1 Å². The third-order valence-corrected chi connectivity index (χ3v) is 7.46. The third kappa shape index (κ3) is 6.56. The van der Waals surface area contributed by atoms with Gasteiger partial charge in [0.15, 0.2) is 0 Å². The SMILES string of the molecule is CC1=C(c2ccc(CNC(=O)[C@@H]3C[C@@H](O)CN3C(=O)[C@@H](NC(=O)CN)C(C)(C)C)cc2)SC(C)N1. The third-order valence-electron chi connectivity index (χ3n) is 6.21. The van der Waals surface area contributed by atoms with Crippen molar-refractivity contribution in [2.24, 2.45) is 11.1 Å². The molecule has 3 amide bonds. The molecule has 9 nitrogen and oxygen atoms in total. The Kier molecular flexibility index (Phi) is 8.50. The predicted molar refractivity (Wildman–Crippen MR) is 138 cm³/mol. The number of allylic oxidation sites excluding steroid dienone is 1. The number of rotatable bonds is 7. The van der Waals surface area contributed by atoms with Crippen LogP contribution in [-0.4, -0.2) is 64.4 Å². The van der Waals surface area contributed by atoms with Gasteiger partial charge in [-0.2, -0.15) is 0 Å². The fourth-order valence-corrected chi connectivity index (χ4v) is 5.47. The van der Waals surface area contributed by atoms with E-state index in [1.165, 1.54) is 9.81 Å². The number of aliphatic hydroxyl groups excluding tert-OH is 1. The van der Waals surface area contributed by atoms with E-state index in [1.807, 2.05) is 45.0 Å². The van der Waals surface area contributed by atoms with Crippen LogP contribution in [0.1, 0.15) is 52.2 Å². The molecule has 2 aliphatic heterocycles. The normalized spacial score (nSPS) is 23.2. The van der Waals surface area contributed by atoms with Gasteiger partial charge >= 0.3 is 0 Å². The van der Waals surface area contributed by atoms with Crippen LogP contribution in [0.3, 0.4) is 0 Å². The van der Waals surface area contributed by atoms with Gasteiger partial charge in [-0.05, 0) is 30.4 Å². The number of hydrogen-bond acceptors (Lipinski definition) is 7. The Labute approximate surface area is 211 Å². The molecule has 6 N–H and O–H groups in total. The highest BCUT2D eigenvalue weighted by Gasteiger charge is 2.44. The van der Waals surface area contributed by atoms with Gasteiger partial charge in [-0.3, -0.25) is 14.4 Å². The molecule has 4 atom stereocenters. The Morgan fingerprint density at radius 2 is 1.91 bits per heavy atom. The number of benzene rings is 1. The minimum absolute atomic E-state index is 0.0370.